The van der Waals surface area contributed by atoms with Gasteiger partial charge in [-0.25, -0.2) is 9.59 Å². The number of anilines is 1. The van der Waals surface area contributed by atoms with E-state index in [0.29, 0.717) is 30.2 Å². The molecule has 7 nitrogen and oxygen atoms in total. The molecule has 1 heterocycles. The van der Waals surface area contributed by atoms with E-state index in [1.807, 2.05) is 0 Å². The summed E-state index contributed by atoms with van der Waals surface area (Å²) in [4.78, 5) is 22.7. The number of cyclic esters (lactones) is 1. The highest BCUT2D eigenvalue weighted by Crippen LogP contribution is 2.34. The van der Waals surface area contributed by atoms with Gasteiger partial charge in [0, 0.05) is 18.6 Å². The first-order valence-electron chi connectivity index (χ1n) is 5.99. The molecule has 1 atom stereocenters. The lowest BCUT2D eigenvalue weighted by atomic mass is 10.1. The fourth-order valence-electron chi connectivity index (χ4n) is 1.99. The average molecular weight is 281 g/mol. The molecule has 0 spiro atoms. The van der Waals surface area contributed by atoms with Crippen LogP contribution < -0.4 is 14.8 Å². The third-order valence-electron chi connectivity index (χ3n) is 3.02. The molecule has 0 radical (unpaired) electrons. The number of carboxylic acids is 1. The zero-order chi connectivity index (χ0) is 14.7. The number of carbonyl (C=O) groups is 2. The summed E-state index contributed by atoms with van der Waals surface area (Å²) in [6.45, 7) is 0.326. The Bertz CT molecular complexity index is 542. The molecule has 1 unspecified atom stereocenters. The third-order valence-corrected chi connectivity index (χ3v) is 3.02. The molecule has 1 aliphatic heterocycles. The van der Waals surface area contributed by atoms with Crippen molar-refractivity contribution in [3.63, 3.8) is 0 Å². The number of nitrogens with one attached hydrogen (secondary N) is 1. The van der Waals surface area contributed by atoms with Gasteiger partial charge in [-0.15, -0.1) is 0 Å². The predicted molar refractivity (Wildman–Crippen MR) is 69.5 cm³/mol. The summed E-state index contributed by atoms with van der Waals surface area (Å²) in [6, 6.07) is 2.30. The van der Waals surface area contributed by atoms with E-state index >= 15 is 0 Å². The van der Waals surface area contributed by atoms with Gasteiger partial charge in [0.1, 0.15) is 6.04 Å². The maximum absolute atomic E-state index is 11.4. The lowest BCUT2D eigenvalue weighted by molar-refractivity contribution is -0.138. The van der Waals surface area contributed by atoms with Crippen LogP contribution in [0.2, 0.25) is 0 Å². The molecule has 108 valence electrons. The monoisotopic (exact) mass is 281 g/mol. The second-order valence-corrected chi connectivity index (χ2v) is 4.21. The van der Waals surface area contributed by atoms with Gasteiger partial charge in [0.15, 0.2) is 11.5 Å². The minimum Gasteiger partial charge on any atom is -0.493 e. The van der Waals surface area contributed by atoms with Crippen molar-refractivity contribution >= 4 is 17.6 Å². The molecule has 1 aromatic carbocycles. The van der Waals surface area contributed by atoms with E-state index in [0.717, 1.165) is 0 Å². The highest BCUT2D eigenvalue weighted by molar-refractivity contribution is 5.96. The van der Waals surface area contributed by atoms with Crippen molar-refractivity contribution in [1.29, 1.82) is 0 Å². The number of ether oxygens (including phenoxy) is 3. The lowest BCUT2D eigenvalue weighted by Crippen LogP contribution is -2.25. The summed E-state index contributed by atoms with van der Waals surface area (Å²) >= 11 is 0. The summed E-state index contributed by atoms with van der Waals surface area (Å²) in [7, 11) is 2.87. The van der Waals surface area contributed by atoms with Crippen molar-refractivity contribution in [2.24, 2.45) is 0 Å². The number of carboxylic acid groups (broad SMARTS) is 1. The molecule has 1 aromatic rings. The van der Waals surface area contributed by atoms with Crippen molar-refractivity contribution in [1.82, 2.24) is 0 Å². The Morgan fingerprint density at radius 2 is 2.00 bits per heavy atom. The standard InChI is InChI=1S/C13H15NO6/c1-18-10-5-7(12(15)16)9(6-11(10)19-2)14-8-3-4-20-13(8)17/h5-6,8,14H,3-4H2,1-2H3,(H,15,16). The number of rotatable bonds is 5. The summed E-state index contributed by atoms with van der Waals surface area (Å²) in [5, 5.41) is 12.1. The van der Waals surface area contributed by atoms with Crippen LogP contribution in [0.1, 0.15) is 16.8 Å². The van der Waals surface area contributed by atoms with E-state index in [1.54, 1.807) is 0 Å². The normalized spacial score (nSPS) is 17.5. The molecule has 2 rings (SSSR count). The largest absolute Gasteiger partial charge is 0.493 e. The van der Waals surface area contributed by atoms with E-state index < -0.39 is 18.0 Å². The van der Waals surface area contributed by atoms with Crippen LogP contribution in [0.15, 0.2) is 12.1 Å². The Kier molecular flexibility index (Phi) is 3.97. The molecule has 0 saturated carbocycles. The zero-order valence-corrected chi connectivity index (χ0v) is 11.1. The van der Waals surface area contributed by atoms with Crippen molar-refractivity contribution in [3.8, 4) is 11.5 Å². The smallest absolute Gasteiger partial charge is 0.337 e. The number of carbonyl (C=O) groups excluding carboxylic acids is 1. The van der Waals surface area contributed by atoms with Crippen LogP contribution >= 0.6 is 0 Å². The molecule has 0 aliphatic carbocycles. The van der Waals surface area contributed by atoms with Crippen molar-refractivity contribution in [3.05, 3.63) is 17.7 Å². The van der Waals surface area contributed by atoms with Crippen LogP contribution in [-0.2, 0) is 9.53 Å². The number of esters is 1. The number of hydrogen-bond donors (Lipinski definition) is 2. The lowest BCUT2D eigenvalue weighted by Gasteiger charge is -2.16. The van der Waals surface area contributed by atoms with Crippen LogP contribution in [0.4, 0.5) is 5.69 Å². The minimum absolute atomic E-state index is 0.00218. The average Bonchev–Trinajstić information content (AvgIpc) is 2.83. The number of hydrogen-bond acceptors (Lipinski definition) is 6. The molecule has 7 heteroatoms. The maximum atomic E-state index is 11.4. The molecular formula is C13H15NO6. The van der Waals surface area contributed by atoms with E-state index in [-0.39, 0.29) is 5.56 Å². The number of benzene rings is 1. The minimum atomic E-state index is -1.13. The SMILES string of the molecule is COc1cc(NC2CCOC2=O)c(C(=O)O)cc1OC. The zero-order valence-electron chi connectivity index (χ0n) is 11.1. The van der Waals surface area contributed by atoms with Crippen LogP contribution in [-0.4, -0.2) is 43.9 Å². The van der Waals surface area contributed by atoms with Crippen LogP contribution in [0.3, 0.4) is 0 Å². The van der Waals surface area contributed by atoms with E-state index in [2.05, 4.69) is 5.32 Å². The second kappa shape index (κ2) is 5.68. The van der Waals surface area contributed by atoms with Gasteiger partial charge in [0.2, 0.25) is 0 Å². The Morgan fingerprint density at radius 3 is 2.50 bits per heavy atom. The van der Waals surface area contributed by atoms with Crippen molar-refractivity contribution in [2.45, 2.75) is 12.5 Å². The van der Waals surface area contributed by atoms with Crippen molar-refractivity contribution in [2.75, 3.05) is 26.1 Å². The van der Waals surface area contributed by atoms with E-state index in [4.69, 9.17) is 14.2 Å². The second-order valence-electron chi connectivity index (χ2n) is 4.21. The van der Waals surface area contributed by atoms with Crippen LogP contribution in [0.25, 0.3) is 0 Å². The van der Waals surface area contributed by atoms with Gasteiger partial charge >= 0.3 is 11.9 Å². The highest BCUT2D eigenvalue weighted by atomic mass is 16.5. The van der Waals surface area contributed by atoms with Gasteiger partial charge in [0.05, 0.1) is 32.1 Å². The summed E-state index contributed by atoms with van der Waals surface area (Å²) in [5.74, 6) is -0.827. The molecule has 0 bridgehead atoms. The topological polar surface area (TPSA) is 94.1 Å². The molecule has 1 fully saturated rings. The first kappa shape index (κ1) is 14.0. The maximum Gasteiger partial charge on any atom is 0.337 e. The molecule has 2 N–H and O–H groups in total. The van der Waals surface area contributed by atoms with E-state index in [9.17, 15) is 14.7 Å². The summed E-state index contributed by atoms with van der Waals surface area (Å²) in [6.07, 6.45) is 0.492. The molecule has 0 aromatic heterocycles. The first-order chi connectivity index (χ1) is 9.56. The molecule has 1 aliphatic rings. The summed E-state index contributed by atoms with van der Waals surface area (Å²) in [5.41, 5.74) is 0.293. The van der Waals surface area contributed by atoms with Crippen LogP contribution in [0.5, 0.6) is 11.5 Å². The quantitative estimate of drug-likeness (QED) is 0.781. The Morgan fingerprint density at radius 1 is 1.35 bits per heavy atom. The fraction of sp³-hybridized carbons (Fsp3) is 0.385. The van der Waals surface area contributed by atoms with Gasteiger partial charge in [-0.1, -0.05) is 0 Å². The van der Waals surface area contributed by atoms with Gasteiger partial charge in [-0.05, 0) is 0 Å². The Labute approximate surface area is 115 Å². The number of aromatic carboxylic acids is 1. The van der Waals surface area contributed by atoms with Gasteiger partial charge in [-0.3, -0.25) is 0 Å². The van der Waals surface area contributed by atoms with Crippen molar-refractivity contribution < 1.29 is 28.9 Å². The van der Waals surface area contributed by atoms with Crippen LogP contribution in [0, 0.1) is 0 Å². The summed E-state index contributed by atoms with van der Waals surface area (Å²) < 4.78 is 15.0. The predicted octanol–water partition coefficient (Wildman–Crippen LogP) is 1.13. The van der Waals surface area contributed by atoms with Gasteiger partial charge in [0.25, 0.3) is 0 Å². The van der Waals surface area contributed by atoms with Gasteiger partial charge < -0.3 is 24.6 Å². The molecular weight excluding hydrogens is 266 g/mol. The number of methoxy groups -OCH3 is 2. The fourth-order valence-corrected chi connectivity index (χ4v) is 1.99. The third kappa shape index (κ3) is 2.61. The Hall–Kier alpha value is -2.44. The van der Waals surface area contributed by atoms with E-state index in [1.165, 1.54) is 26.4 Å². The molecule has 1 saturated heterocycles. The Balaban J connectivity index is 2.38. The molecule has 0 amide bonds. The highest BCUT2D eigenvalue weighted by Gasteiger charge is 2.28. The molecule has 20 heavy (non-hydrogen) atoms. The van der Waals surface area contributed by atoms with Gasteiger partial charge in [-0.2, -0.15) is 0 Å². The first-order valence-corrected chi connectivity index (χ1v) is 5.99.